The zero-order valence-electron chi connectivity index (χ0n) is 12.2. The molecule has 0 atom stereocenters. The van der Waals surface area contributed by atoms with Crippen molar-refractivity contribution in [3.8, 4) is 11.4 Å². The summed E-state index contributed by atoms with van der Waals surface area (Å²) in [6.45, 7) is 6.44. The van der Waals surface area contributed by atoms with Crippen molar-refractivity contribution in [2.45, 2.75) is 26.2 Å². The lowest BCUT2D eigenvalue weighted by atomic mass is 9.87. The molecule has 0 aliphatic heterocycles. The number of hydrogen-bond donors (Lipinski definition) is 1. The Balaban J connectivity index is 2.04. The van der Waals surface area contributed by atoms with Gasteiger partial charge in [-0.25, -0.2) is 13.8 Å². The summed E-state index contributed by atoms with van der Waals surface area (Å²) in [4.78, 5) is 7.33. The topological polar surface area (TPSA) is 28.7 Å². The molecule has 0 fully saturated rings. The maximum Gasteiger partial charge on any atom is 0.161 e. The van der Waals surface area contributed by atoms with Crippen molar-refractivity contribution in [1.29, 1.82) is 0 Å². The van der Waals surface area contributed by atoms with Gasteiger partial charge in [0.2, 0.25) is 0 Å². The molecule has 0 radical (unpaired) electrons. The lowest BCUT2D eigenvalue weighted by Gasteiger charge is -2.18. The van der Waals surface area contributed by atoms with E-state index in [0.29, 0.717) is 16.9 Å². The van der Waals surface area contributed by atoms with Gasteiger partial charge in [0.1, 0.15) is 5.82 Å². The summed E-state index contributed by atoms with van der Waals surface area (Å²) in [6.07, 6.45) is 0. The molecule has 0 saturated carbocycles. The van der Waals surface area contributed by atoms with Crippen molar-refractivity contribution in [2.75, 3.05) is 0 Å². The predicted octanol–water partition coefficient (Wildman–Crippen LogP) is 4.81. The molecule has 0 aliphatic carbocycles. The first kappa shape index (κ1) is 13.7. The summed E-state index contributed by atoms with van der Waals surface area (Å²) in [5.41, 5.74) is 3.10. The molecule has 0 saturated heterocycles. The third-order valence-electron chi connectivity index (χ3n) is 3.55. The molecule has 2 aromatic carbocycles. The normalized spacial score (nSPS) is 12.0. The molecule has 4 heteroatoms. The van der Waals surface area contributed by atoms with E-state index in [4.69, 9.17) is 0 Å². The second-order valence-electron chi connectivity index (χ2n) is 6.20. The third-order valence-corrected chi connectivity index (χ3v) is 3.55. The second kappa shape index (κ2) is 4.65. The van der Waals surface area contributed by atoms with E-state index in [1.165, 1.54) is 5.56 Å². The highest BCUT2D eigenvalue weighted by Crippen LogP contribution is 2.26. The number of imidazole rings is 1. The van der Waals surface area contributed by atoms with Crippen LogP contribution in [0.1, 0.15) is 26.3 Å². The van der Waals surface area contributed by atoms with Crippen LogP contribution in [0, 0.1) is 11.6 Å². The Labute approximate surface area is 121 Å². The van der Waals surface area contributed by atoms with Crippen molar-refractivity contribution in [3.05, 3.63) is 53.6 Å². The molecular weight excluding hydrogens is 270 g/mol. The predicted molar refractivity (Wildman–Crippen MR) is 80.1 cm³/mol. The molecule has 21 heavy (non-hydrogen) atoms. The van der Waals surface area contributed by atoms with Gasteiger partial charge in [0.25, 0.3) is 0 Å². The SMILES string of the molecule is CC(C)(C)c1ccc(-c2nc3cc(F)c(F)cc3[nH]2)cc1. The summed E-state index contributed by atoms with van der Waals surface area (Å²) in [5.74, 6) is -1.15. The van der Waals surface area contributed by atoms with Crippen LogP contribution in [0.25, 0.3) is 22.4 Å². The van der Waals surface area contributed by atoms with Crippen LogP contribution in [0.5, 0.6) is 0 Å². The van der Waals surface area contributed by atoms with Gasteiger partial charge in [0, 0.05) is 17.7 Å². The lowest BCUT2D eigenvalue weighted by Crippen LogP contribution is -2.10. The standard InChI is InChI=1S/C17H16F2N2/c1-17(2,3)11-6-4-10(5-7-11)16-20-14-8-12(18)13(19)9-15(14)21-16/h4-9H,1-3H3,(H,20,21). The Bertz CT molecular complexity index is 757. The largest absolute Gasteiger partial charge is 0.338 e. The van der Waals surface area contributed by atoms with E-state index in [-0.39, 0.29) is 5.41 Å². The van der Waals surface area contributed by atoms with Crippen LogP contribution in [-0.4, -0.2) is 9.97 Å². The van der Waals surface area contributed by atoms with Gasteiger partial charge in [-0.05, 0) is 11.0 Å². The fraction of sp³-hybridized carbons (Fsp3) is 0.235. The van der Waals surface area contributed by atoms with Gasteiger partial charge >= 0.3 is 0 Å². The zero-order valence-corrected chi connectivity index (χ0v) is 12.2. The first-order valence-electron chi connectivity index (χ1n) is 6.80. The monoisotopic (exact) mass is 286 g/mol. The van der Waals surface area contributed by atoms with Crippen LogP contribution in [0.2, 0.25) is 0 Å². The molecular formula is C17H16F2N2. The van der Waals surface area contributed by atoms with E-state index in [1.54, 1.807) is 0 Å². The smallest absolute Gasteiger partial charge is 0.161 e. The maximum absolute atomic E-state index is 13.2. The van der Waals surface area contributed by atoms with E-state index in [1.807, 2.05) is 24.3 Å². The van der Waals surface area contributed by atoms with Crippen LogP contribution in [0.4, 0.5) is 8.78 Å². The first-order chi connectivity index (χ1) is 9.84. The highest BCUT2D eigenvalue weighted by molar-refractivity contribution is 5.79. The molecule has 1 aromatic heterocycles. The third kappa shape index (κ3) is 2.53. The zero-order chi connectivity index (χ0) is 15.2. The van der Waals surface area contributed by atoms with E-state index >= 15 is 0 Å². The average molecular weight is 286 g/mol. The van der Waals surface area contributed by atoms with E-state index < -0.39 is 11.6 Å². The second-order valence-corrected chi connectivity index (χ2v) is 6.20. The van der Waals surface area contributed by atoms with Crippen LogP contribution >= 0.6 is 0 Å². The number of halogens is 2. The summed E-state index contributed by atoms with van der Waals surface area (Å²) < 4.78 is 26.4. The van der Waals surface area contributed by atoms with Crippen molar-refractivity contribution in [2.24, 2.45) is 0 Å². The van der Waals surface area contributed by atoms with Gasteiger partial charge in [-0.3, -0.25) is 0 Å². The molecule has 0 unspecified atom stereocenters. The maximum atomic E-state index is 13.2. The summed E-state index contributed by atoms with van der Waals surface area (Å²) in [7, 11) is 0. The highest BCUT2D eigenvalue weighted by Gasteiger charge is 2.14. The van der Waals surface area contributed by atoms with Crippen LogP contribution in [0.15, 0.2) is 36.4 Å². The Morgan fingerprint density at radius 1 is 0.952 bits per heavy atom. The first-order valence-corrected chi connectivity index (χ1v) is 6.80. The lowest BCUT2D eigenvalue weighted by molar-refractivity contribution is 0.510. The highest BCUT2D eigenvalue weighted by atomic mass is 19.2. The number of benzene rings is 2. The minimum Gasteiger partial charge on any atom is -0.338 e. The minimum atomic E-state index is -0.886. The van der Waals surface area contributed by atoms with Gasteiger partial charge in [-0.2, -0.15) is 0 Å². The van der Waals surface area contributed by atoms with Crippen molar-refractivity contribution >= 4 is 11.0 Å². The molecule has 2 nitrogen and oxygen atoms in total. The molecule has 1 N–H and O–H groups in total. The Morgan fingerprint density at radius 2 is 1.57 bits per heavy atom. The fourth-order valence-electron chi connectivity index (χ4n) is 2.27. The van der Waals surface area contributed by atoms with Gasteiger partial charge < -0.3 is 4.98 Å². The quantitative estimate of drug-likeness (QED) is 0.683. The Kier molecular flexibility index (Phi) is 3.04. The molecule has 0 spiro atoms. The van der Waals surface area contributed by atoms with Gasteiger partial charge in [-0.15, -0.1) is 0 Å². The molecule has 3 aromatic rings. The minimum absolute atomic E-state index is 0.0820. The summed E-state index contributed by atoms with van der Waals surface area (Å²) in [6, 6.07) is 10.3. The molecule has 0 amide bonds. The molecule has 108 valence electrons. The molecule has 3 rings (SSSR count). The Hall–Kier alpha value is -2.23. The fourth-order valence-corrected chi connectivity index (χ4v) is 2.27. The molecule has 1 heterocycles. The van der Waals surface area contributed by atoms with Gasteiger partial charge in [0.05, 0.1) is 11.0 Å². The van der Waals surface area contributed by atoms with Crippen LogP contribution in [-0.2, 0) is 5.41 Å². The number of hydrogen-bond acceptors (Lipinski definition) is 1. The molecule has 0 bridgehead atoms. The number of rotatable bonds is 1. The number of H-pyrrole nitrogens is 1. The van der Waals surface area contributed by atoms with E-state index in [9.17, 15) is 8.78 Å². The van der Waals surface area contributed by atoms with Gasteiger partial charge in [0.15, 0.2) is 11.6 Å². The Morgan fingerprint density at radius 3 is 2.19 bits per heavy atom. The number of nitrogens with zero attached hydrogens (tertiary/aromatic N) is 1. The van der Waals surface area contributed by atoms with Crippen molar-refractivity contribution in [1.82, 2.24) is 9.97 Å². The van der Waals surface area contributed by atoms with Gasteiger partial charge in [-0.1, -0.05) is 45.0 Å². The van der Waals surface area contributed by atoms with Crippen molar-refractivity contribution in [3.63, 3.8) is 0 Å². The van der Waals surface area contributed by atoms with Crippen LogP contribution < -0.4 is 0 Å². The average Bonchev–Trinajstić information content (AvgIpc) is 2.81. The van der Waals surface area contributed by atoms with E-state index in [0.717, 1.165) is 17.7 Å². The number of aromatic amines is 1. The number of nitrogens with one attached hydrogen (secondary N) is 1. The number of aromatic nitrogens is 2. The molecule has 0 aliphatic rings. The van der Waals surface area contributed by atoms with Crippen LogP contribution in [0.3, 0.4) is 0 Å². The summed E-state index contributed by atoms with van der Waals surface area (Å²) >= 11 is 0. The summed E-state index contributed by atoms with van der Waals surface area (Å²) in [5, 5.41) is 0. The van der Waals surface area contributed by atoms with Crippen molar-refractivity contribution < 1.29 is 8.78 Å². The number of fused-ring (bicyclic) bond motifs is 1. The van der Waals surface area contributed by atoms with E-state index in [2.05, 4.69) is 30.7 Å².